The summed E-state index contributed by atoms with van der Waals surface area (Å²) in [5.74, 6) is -0.871. The predicted molar refractivity (Wildman–Crippen MR) is 106 cm³/mol. The molecule has 0 radical (unpaired) electrons. The largest absolute Gasteiger partial charge is 0.364 e. The Morgan fingerprint density at radius 2 is 2.04 bits per heavy atom. The summed E-state index contributed by atoms with van der Waals surface area (Å²) in [5.41, 5.74) is 10.6. The second kappa shape index (κ2) is 7.28. The summed E-state index contributed by atoms with van der Waals surface area (Å²) in [6.07, 6.45) is 0.533. The normalized spacial score (nSPS) is 13.1. The third kappa shape index (κ3) is 3.05. The van der Waals surface area contributed by atoms with E-state index in [1.165, 1.54) is 4.68 Å². The molecule has 2 heterocycles. The van der Waals surface area contributed by atoms with Gasteiger partial charge in [-0.1, -0.05) is 36.4 Å². The van der Waals surface area contributed by atoms with Gasteiger partial charge in [0.2, 0.25) is 0 Å². The van der Waals surface area contributed by atoms with Gasteiger partial charge < -0.3 is 16.4 Å². The molecule has 4 N–H and O–H groups in total. The van der Waals surface area contributed by atoms with Crippen LogP contribution in [0.1, 0.15) is 32.1 Å². The monoisotopic (exact) mass is 375 g/mol. The molecule has 1 aliphatic heterocycles. The summed E-state index contributed by atoms with van der Waals surface area (Å²) >= 11 is 0. The van der Waals surface area contributed by atoms with Crippen LogP contribution >= 0.6 is 0 Å². The quantitative estimate of drug-likeness (QED) is 0.631. The van der Waals surface area contributed by atoms with Crippen molar-refractivity contribution in [2.45, 2.75) is 13.0 Å². The van der Waals surface area contributed by atoms with Crippen molar-refractivity contribution in [1.82, 2.24) is 20.4 Å². The number of nitrogens with two attached hydrogens (primary N) is 1. The lowest BCUT2D eigenvalue weighted by Crippen LogP contribution is -2.33. The van der Waals surface area contributed by atoms with Gasteiger partial charge in [0.05, 0.1) is 5.69 Å². The maximum atomic E-state index is 12.5. The Kier molecular flexibility index (Phi) is 4.67. The highest BCUT2D eigenvalue weighted by atomic mass is 16.2. The molecule has 4 rings (SSSR count). The van der Waals surface area contributed by atoms with Gasteiger partial charge >= 0.3 is 0 Å². The number of carbonyl (C=O) groups is 2. The van der Waals surface area contributed by atoms with Gasteiger partial charge in [0, 0.05) is 18.7 Å². The molecule has 7 nitrogen and oxygen atoms in total. The van der Waals surface area contributed by atoms with Crippen molar-refractivity contribution in [2.24, 2.45) is 5.73 Å². The molecule has 0 unspecified atom stereocenters. The Bertz CT molecular complexity index is 1060. The molecule has 28 heavy (non-hydrogen) atoms. The van der Waals surface area contributed by atoms with E-state index in [0.717, 1.165) is 16.7 Å². The number of primary amides is 1. The topological polar surface area (TPSA) is 102 Å². The fourth-order valence-electron chi connectivity index (χ4n) is 3.64. The fraction of sp³-hybridized carbons (Fsp3) is 0.190. The molecule has 2 amide bonds. The van der Waals surface area contributed by atoms with Crippen molar-refractivity contribution in [3.8, 4) is 16.8 Å². The van der Waals surface area contributed by atoms with Crippen molar-refractivity contribution in [2.75, 3.05) is 13.6 Å². The molecule has 1 aliphatic rings. The number of aromatic nitrogens is 2. The Balaban J connectivity index is 1.88. The maximum Gasteiger partial charge on any atom is 0.270 e. The number of fused-ring (bicyclic) bond motifs is 1. The molecule has 142 valence electrons. The highest BCUT2D eigenvalue weighted by Crippen LogP contribution is 2.28. The van der Waals surface area contributed by atoms with Crippen LogP contribution in [0.15, 0.2) is 48.5 Å². The summed E-state index contributed by atoms with van der Waals surface area (Å²) in [6, 6.07) is 16.0. The Morgan fingerprint density at radius 3 is 2.75 bits per heavy atom. The summed E-state index contributed by atoms with van der Waals surface area (Å²) in [4.78, 5) is 24.3. The number of rotatable bonds is 5. The summed E-state index contributed by atoms with van der Waals surface area (Å²) < 4.78 is 1.53. The van der Waals surface area contributed by atoms with Gasteiger partial charge in [-0.2, -0.15) is 5.10 Å². The molecular weight excluding hydrogens is 354 g/mol. The van der Waals surface area contributed by atoms with Crippen molar-refractivity contribution in [3.05, 3.63) is 71.0 Å². The van der Waals surface area contributed by atoms with E-state index in [1.54, 1.807) is 0 Å². The van der Waals surface area contributed by atoms with Crippen molar-refractivity contribution >= 4 is 11.8 Å². The number of nitrogens with one attached hydrogen (secondary N) is 2. The van der Waals surface area contributed by atoms with Gasteiger partial charge in [0.25, 0.3) is 11.8 Å². The van der Waals surface area contributed by atoms with Crippen molar-refractivity contribution < 1.29 is 9.59 Å². The molecule has 0 bridgehead atoms. The average molecular weight is 375 g/mol. The molecule has 1 aromatic heterocycles. The van der Waals surface area contributed by atoms with Crippen LogP contribution in [0.3, 0.4) is 0 Å². The van der Waals surface area contributed by atoms with Gasteiger partial charge in [-0.05, 0) is 42.3 Å². The lowest BCUT2D eigenvalue weighted by molar-refractivity contribution is 0.0938. The number of carbonyl (C=O) groups excluding carboxylic acids is 2. The Morgan fingerprint density at radius 1 is 1.25 bits per heavy atom. The number of amides is 2. The second-order valence-electron chi connectivity index (χ2n) is 6.70. The molecule has 0 saturated heterocycles. The highest BCUT2D eigenvalue weighted by molar-refractivity contribution is 6.01. The zero-order valence-corrected chi connectivity index (χ0v) is 15.5. The average Bonchev–Trinajstić information content (AvgIpc) is 3.10. The van der Waals surface area contributed by atoms with Crippen LogP contribution in [0.25, 0.3) is 16.8 Å². The van der Waals surface area contributed by atoms with Gasteiger partial charge in [-0.25, -0.2) is 4.68 Å². The molecule has 0 aliphatic carbocycles. The second-order valence-corrected chi connectivity index (χ2v) is 6.70. The zero-order valence-electron chi connectivity index (χ0n) is 15.5. The van der Waals surface area contributed by atoms with E-state index < -0.39 is 5.91 Å². The van der Waals surface area contributed by atoms with E-state index in [0.29, 0.717) is 36.5 Å². The zero-order chi connectivity index (χ0) is 19.7. The van der Waals surface area contributed by atoms with Crippen molar-refractivity contribution in [1.29, 1.82) is 0 Å². The minimum Gasteiger partial charge on any atom is -0.364 e. The molecular formula is C21H21N5O2. The first-order valence-corrected chi connectivity index (χ1v) is 9.13. The van der Waals surface area contributed by atoms with Crippen LogP contribution in [0.2, 0.25) is 0 Å². The van der Waals surface area contributed by atoms with E-state index in [4.69, 9.17) is 5.73 Å². The van der Waals surface area contributed by atoms with Crippen LogP contribution in [0.5, 0.6) is 0 Å². The van der Waals surface area contributed by atoms with Gasteiger partial charge in [0.1, 0.15) is 5.69 Å². The number of hydrogen-bond donors (Lipinski definition) is 3. The van der Waals surface area contributed by atoms with Crippen LogP contribution in [0.4, 0.5) is 0 Å². The molecule has 0 fully saturated rings. The highest BCUT2D eigenvalue weighted by Gasteiger charge is 2.29. The van der Waals surface area contributed by atoms with E-state index in [-0.39, 0.29) is 11.6 Å². The van der Waals surface area contributed by atoms with Crippen LogP contribution in [-0.4, -0.2) is 35.2 Å². The molecule has 0 atom stereocenters. The first-order chi connectivity index (χ1) is 13.6. The first-order valence-electron chi connectivity index (χ1n) is 9.13. The minimum atomic E-state index is -0.624. The van der Waals surface area contributed by atoms with E-state index >= 15 is 0 Å². The van der Waals surface area contributed by atoms with Crippen molar-refractivity contribution in [3.63, 3.8) is 0 Å². The SMILES string of the molecule is CNCc1cc(-n2nc(C(N)=O)c3c2C(=O)NCC3)ccc1-c1ccccc1. The lowest BCUT2D eigenvalue weighted by Gasteiger charge is -2.16. The Labute approximate surface area is 162 Å². The lowest BCUT2D eigenvalue weighted by atomic mass is 9.98. The van der Waals surface area contributed by atoms with Gasteiger partial charge in [-0.3, -0.25) is 9.59 Å². The molecule has 3 aromatic rings. The molecule has 0 spiro atoms. The standard InChI is InChI=1S/C21H21N5O2/c1-23-12-14-11-15(7-8-16(14)13-5-3-2-4-6-13)26-19-17(9-10-24-21(19)28)18(25-26)20(22)27/h2-8,11,23H,9-10,12H2,1H3,(H2,22,27)(H,24,28). The molecule has 7 heteroatoms. The van der Waals surface area contributed by atoms with Gasteiger partial charge in [-0.15, -0.1) is 0 Å². The third-order valence-corrected chi connectivity index (χ3v) is 4.88. The Hall–Kier alpha value is -3.45. The van der Waals surface area contributed by atoms with Crippen LogP contribution in [0, 0.1) is 0 Å². The van der Waals surface area contributed by atoms with Crippen LogP contribution in [-0.2, 0) is 13.0 Å². The summed E-state index contributed by atoms with van der Waals surface area (Å²) in [6.45, 7) is 1.12. The van der Waals surface area contributed by atoms with E-state index in [9.17, 15) is 9.59 Å². The smallest absolute Gasteiger partial charge is 0.270 e. The van der Waals surface area contributed by atoms with Crippen LogP contribution < -0.4 is 16.4 Å². The number of nitrogens with zero attached hydrogens (tertiary/aromatic N) is 2. The first kappa shape index (κ1) is 17.9. The molecule has 2 aromatic carbocycles. The summed E-state index contributed by atoms with van der Waals surface area (Å²) in [5, 5.41) is 10.4. The number of benzene rings is 2. The maximum absolute atomic E-state index is 12.5. The third-order valence-electron chi connectivity index (χ3n) is 4.88. The predicted octanol–water partition coefficient (Wildman–Crippen LogP) is 1.64. The van der Waals surface area contributed by atoms with E-state index in [1.807, 2.05) is 43.4 Å². The van der Waals surface area contributed by atoms with Gasteiger partial charge in [0.15, 0.2) is 5.69 Å². The summed E-state index contributed by atoms with van der Waals surface area (Å²) in [7, 11) is 1.88. The molecule has 0 saturated carbocycles. The van der Waals surface area contributed by atoms with E-state index in [2.05, 4.69) is 27.9 Å². The minimum absolute atomic E-state index is 0.159. The number of hydrogen-bond acceptors (Lipinski definition) is 4. The fourth-order valence-corrected chi connectivity index (χ4v) is 3.64.